The molecule has 2 N–H and O–H groups in total. The molecule has 14 heavy (non-hydrogen) atoms. The van der Waals surface area contributed by atoms with E-state index >= 15 is 0 Å². The Labute approximate surface area is 82.3 Å². The van der Waals surface area contributed by atoms with E-state index in [0.29, 0.717) is 13.0 Å². The summed E-state index contributed by atoms with van der Waals surface area (Å²) in [5.74, 6) is 0.922. The summed E-state index contributed by atoms with van der Waals surface area (Å²) in [7, 11) is 1.79. The number of Topliss-reactive ketones (excluding diaryl/α,β-unsaturated/α-hetero) is 1. The molecule has 0 spiro atoms. The summed E-state index contributed by atoms with van der Waals surface area (Å²) in [5, 5.41) is 3.92. The first-order valence-corrected chi connectivity index (χ1v) is 4.74. The highest BCUT2D eigenvalue weighted by Gasteiger charge is 2.47. The van der Waals surface area contributed by atoms with Gasteiger partial charge in [-0.2, -0.15) is 5.10 Å². The lowest BCUT2D eigenvalue weighted by molar-refractivity contribution is -0.123. The molecule has 0 unspecified atom stereocenters. The Morgan fingerprint density at radius 2 is 2.43 bits per heavy atom. The minimum Gasteiger partial charge on any atom is -0.329 e. The van der Waals surface area contributed by atoms with Crippen LogP contribution in [0.5, 0.6) is 0 Å². The van der Waals surface area contributed by atoms with E-state index in [1.807, 2.05) is 0 Å². The van der Waals surface area contributed by atoms with Gasteiger partial charge < -0.3 is 5.73 Å². The molecule has 1 saturated carbocycles. The number of nitrogens with two attached hydrogens (primary N) is 1. The van der Waals surface area contributed by atoms with Gasteiger partial charge in [0.15, 0.2) is 0 Å². The fourth-order valence-electron chi connectivity index (χ4n) is 1.56. The maximum absolute atomic E-state index is 11.8. The van der Waals surface area contributed by atoms with Crippen molar-refractivity contribution in [2.45, 2.75) is 19.3 Å². The summed E-state index contributed by atoms with van der Waals surface area (Å²) in [6.07, 6.45) is 3.68. The number of aryl methyl sites for hydroxylation is 1. The lowest BCUT2D eigenvalue weighted by Gasteiger charge is -2.09. The number of nitrogens with zero attached hydrogens (tertiary/aromatic N) is 3. The third-order valence-electron chi connectivity index (χ3n) is 2.96. The predicted octanol–water partition coefficient (Wildman–Crippen LogP) is -0.334. The summed E-state index contributed by atoms with van der Waals surface area (Å²) in [6.45, 7) is 0.462. The summed E-state index contributed by atoms with van der Waals surface area (Å²) in [4.78, 5) is 15.8. The van der Waals surface area contributed by atoms with E-state index < -0.39 is 0 Å². The Bertz CT molecular complexity index is 353. The molecule has 1 aromatic rings. The molecule has 0 saturated heterocycles. The molecule has 1 aromatic heterocycles. The fraction of sp³-hybridized carbons (Fsp3) is 0.667. The van der Waals surface area contributed by atoms with E-state index in [1.165, 1.54) is 6.33 Å². The second-order valence-electron chi connectivity index (χ2n) is 3.88. The van der Waals surface area contributed by atoms with E-state index in [-0.39, 0.29) is 11.2 Å². The molecule has 1 aliphatic rings. The maximum atomic E-state index is 11.8. The van der Waals surface area contributed by atoms with Crippen molar-refractivity contribution in [1.29, 1.82) is 0 Å². The first-order chi connectivity index (χ1) is 6.68. The van der Waals surface area contributed by atoms with Crippen molar-refractivity contribution in [3.63, 3.8) is 0 Å². The molecule has 1 heterocycles. The number of rotatable bonds is 4. The van der Waals surface area contributed by atoms with Crippen LogP contribution < -0.4 is 5.73 Å². The van der Waals surface area contributed by atoms with E-state index in [1.54, 1.807) is 11.7 Å². The van der Waals surface area contributed by atoms with Crippen LogP contribution in [0.2, 0.25) is 0 Å². The van der Waals surface area contributed by atoms with Crippen LogP contribution in [0.25, 0.3) is 0 Å². The van der Waals surface area contributed by atoms with Crippen LogP contribution >= 0.6 is 0 Å². The van der Waals surface area contributed by atoms with E-state index in [4.69, 9.17) is 5.73 Å². The van der Waals surface area contributed by atoms with E-state index in [2.05, 4.69) is 10.1 Å². The molecule has 2 rings (SSSR count). The van der Waals surface area contributed by atoms with Gasteiger partial charge >= 0.3 is 0 Å². The smallest absolute Gasteiger partial charge is 0.147 e. The van der Waals surface area contributed by atoms with Gasteiger partial charge in [0.1, 0.15) is 17.9 Å². The molecular formula is C9H14N4O. The highest BCUT2D eigenvalue weighted by Crippen LogP contribution is 2.45. The van der Waals surface area contributed by atoms with Gasteiger partial charge in [-0.3, -0.25) is 9.48 Å². The minimum atomic E-state index is -0.230. The Morgan fingerprint density at radius 3 is 2.86 bits per heavy atom. The van der Waals surface area contributed by atoms with E-state index in [9.17, 15) is 4.79 Å². The molecule has 0 aromatic carbocycles. The number of ketones is 1. The van der Waals surface area contributed by atoms with E-state index in [0.717, 1.165) is 18.7 Å². The van der Waals surface area contributed by atoms with Crippen LogP contribution in [0.15, 0.2) is 6.33 Å². The normalized spacial score (nSPS) is 18.1. The highest BCUT2D eigenvalue weighted by atomic mass is 16.1. The number of carbonyl (C=O) groups is 1. The SMILES string of the molecule is Cn1ncnc1CC(=O)C1(CN)CC1. The van der Waals surface area contributed by atoms with Gasteiger partial charge in [-0.1, -0.05) is 0 Å². The van der Waals surface area contributed by atoms with Crippen molar-refractivity contribution in [2.24, 2.45) is 18.2 Å². The average Bonchev–Trinajstić information content (AvgIpc) is 2.89. The molecule has 0 radical (unpaired) electrons. The minimum absolute atomic E-state index is 0.205. The molecule has 1 fully saturated rings. The predicted molar refractivity (Wildman–Crippen MR) is 50.4 cm³/mol. The monoisotopic (exact) mass is 194 g/mol. The van der Waals surface area contributed by atoms with Gasteiger partial charge in [0.05, 0.1) is 6.42 Å². The fourth-order valence-corrected chi connectivity index (χ4v) is 1.56. The second-order valence-corrected chi connectivity index (χ2v) is 3.88. The van der Waals surface area contributed by atoms with Crippen molar-refractivity contribution in [1.82, 2.24) is 14.8 Å². The van der Waals surface area contributed by atoms with Crippen molar-refractivity contribution in [2.75, 3.05) is 6.54 Å². The molecule has 5 heteroatoms. The molecule has 0 bridgehead atoms. The number of aromatic nitrogens is 3. The van der Waals surface area contributed by atoms with Crippen LogP contribution in [0, 0.1) is 5.41 Å². The summed E-state index contributed by atoms with van der Waals surface area (Å²) >= 11 is 0. The van der Waals surface area contributed by atoms with Gasteiger partial charge in [0.2, 0.25) is 0 Å². The van der Waals surface area contributed by atoms with Gasteiger partial charge in [-0.15, -0.1) is 0 Å². The summed E-state index contributed by atoms with van der Waals surface area (Å²) in [5.41, 5.74) is 5.34. The molecular weight excluding hydrogens is 180 g/mol. The highest BCUT2D eigenvalue weighted by molar-refractivity contribution is 5.88. The topological polar surface area (TPSA) is 73.8 Å². The van der Waals surface area contributed by atoms with Crippen molar-refractivity contribution >= 4 is 5.78 Å². The number of carbonyl (C=O) groups excluding carboxylic acids is 1. The quantitative estimate of drug-likeness (QED) is 0.712. The van der Waals surface area contributed by atoms with Crippen molar-refractivity contribution in [3.05, 3.63) is 12.2 Å². The zero-order chi connectivity index (χ0) is 10.2. The molecule has 0 aliphatic heterocycles. The Hall–Kier alpha value is -1.23. The van der Waals surface area contributed by atoms with Crippen LogP contribution in [0.4, 0.5) is 0 Å². The number of hydrogen-bond donors (Lipinski definition) is 1. The Kier molecular flexibility index (Phi) is 2.11. The Morgan fingerprint density at radius 1 is 1.71 bits per heavy atom. The third-order valence-corrected chi connectivity index (χ3v) is 2.96. The van der Waals surface area contributed by atoms with Gasteiger partial charge in [0.25, 0.3) is 0 Å². The lowest BCUT2D eigenvalue weighted by Crippen LogP contribution is -2.27. The standard InChI is InChI=1S/C9H14N4O/c1-13-8(11-6-12-13)4-7(14)9(5-10)2-3-9/h6H,2-5,10H2,1H3. The maximum Gasteiger partial charge on any atom is 0.147 e. The van der Waals surface area contributed by atoms with Crippen molar-refractivity contribution < 1.29 is 4.79 Å². The van der Waals surface area contributed by atoms with Gasteiger partial charge in [-0.25, -0.2) is 4.98 Å². The van der Waals surface area contributed by atoms with Gasteiger partial charge in [-0.05, 0) is 12.8 Å². The lowest BCUT2D eigenvalue weighted by atomic mass is 9.98. The second kappa shape index (κ2) is 3.16. The zero-order valence-corrected chi connectivity index (χ0v) is 8.23. The summed E-state index contributed by atoms with van der Waals surface area (Å²) in [6, 6.07) is 0. The molecule has 5 nitrogen and oxygen atoms in total. The largest absolute Gasteiger partial charge is 0.329 e. The van der Waals surface area contributed by atoms with Gasteiger partial charge in [0, 0.05) is 19.0 Å². The average molecular weight is 194 g/mol. The van der Waals surface area contributed by atoms with Crippen LogP contribution in [0.3, 0.4) is 0 Å². The van der Waals surface area contributed by atoms with Crippen LogP contribution in [-0.4, -0.2) is 27.1 Å². The third kappa shape index (κ3) is 1.43. The summed E-state index contributed by atoms with van der Waals surface area (Å²) < 4.78 is 1.63. The first kappa shape index (κ1) is 9.33. The number of hydrogen-bond acceptors (Lipinski definition) is 4. The van der Waals surface area contributed by atoms with Crippen LogP contribution in [0.1, 0.15) is 18.7 Å². The molecule has 0 amide bonds. The zero-order valence-electron chi connectivity index (χ0n) is 8.23. The Balaban J connectivity index is 2.05. The molecule has 1 aliphatic carbocycles. The van der Waals surface area contributed by atoms with Crippen molar-refractivity contribution in [3.8, 4) is 0 Å². The van der Waals surface area contributed by atoms with Crippen LogP contribution in [-0.2, 0) is 18.3 Å². The molecule has 0 atom stereocenters. The molecule has 76 valence electrons. The first-order valence-electron chi connectivity index (χ1n) is 4.74.